The third-order valence-electron chi connectivity index (χ3n) is 11.5. The molecule has 4 aromatic carbocycles. The molecule has 0 aliphatic heterocycles. The van der Waals surface area contributed by atoms with Gasteiger partial charge in [-0.15, -0.1) is 0 Å². The molecule has 57 heavy (non-hydrogen) atoms. The Morgan fingerprint density at radius 3 is 2.33 bits per heavy atom. The van der Waals surface area contributed by atoms with Crippen LogP contribution in [0.4, 0.5) is 5.69 Å². The third kappa shape index (κ3) is 8.39. The number of furan rings is 1. The molecule has 0 saturated carbocycles. The summed E-state index contributed by atoms with van der Waals surface area (Å²) in [7, 11) is 0. The van der Waals surface area contributed by atoms with Gasteiger partial charge in [-0.25, -0.2) is 0 Å². The van der Waals surface area contributed by atoms with Gasteiger partial charge in [-0.3, -0.25) is 4.98 Å². The van der Waals surface area contributed by atoms with Gasteiger partial charge in [0.15, 0.2) is 0 Å². The Morgan fingerprint density at radius 1 is 0.737 bits per heavy atom. The number of benzene rings is 4. The lowest BCUT2D eigenvalue weighted by Gasteiger charge is -2.31. The lowest BCUT2D eigenvalue weighted by Crippen LogP contribution is -2.22. The number of allylic oxidation sites excluding steroid dienone is 10. The van der Waals surface area contributed by atoms with Crippen molar-refractivity contribution in [2.75, 3.05) is 4.90 Å². The van der Waals surface area contributed by atoms with Crippen molar-refractivity contribution in [3.63, 3.8) is 0 Å². The summed E-state index contributed by atoms with van der Waals surface area (Å²) in [6.07, 6.45) is 22.7. The summed E-state index contributed by atoms with van der Waals surface area (Å²) in [5, 5.41) is 2.23. The Balaban J connectivity index is 0.983. The summed E-state index contributed by atoms with van der Waals surface area (Å²) in [6.45, 7) is 20.2. The molecule has 2 aromatic heterocycles. The van der Waals surface area contributed by atoms with Gasteiger partial charge >= 0.3 is 0 Å². The maximum Gasteiger partial charge on any atom is 0.134 e. The summed E-state index contributed by atoms with van der Waals surface area (Å²) in [5.41, 5.74) is 14.6. The van der Waals surface area contributed by atoms with E-state index in [0.29, 0.717) is 11.8 Å². The lowest BCUT2D eigenvalue weighted by molar-refractivity contribution is 0.596. The van der Waals surface area contributed by atoms with Crippen LogP contribution in [0.5, 0.6) is 0 Å². The first-order valence-electron chi connectivity index (χ1n) is 20.1. The van der Waals surface area contributed by atoms with Crippen molar-refractivity contribution in [3.8, 4) is 11.1 Å². The van der Waals surface area contributed by atoms with Gasteiger partial charge < -0.3 is 9.32 Å². The molecule has 2 aliphatic carbocycles. The molecule has 0 bridgehead atoms. The summed E-state index contributed by atoms with van der Waals surface area (Å²) >= 11 is 0. The van der Waals surface area contributed by atoms with Gasteiger partial charge in [0, 0.05) is 40.0 Å². The van der Waals surface area contributed by atoms with Crippen LogP contribution in [0.25, 0.3) is 44.6 Å². The zero-order valence-electron chi connectivity index (χ0n) is 33.0. The Hall–Kier alpha value is -6.45. The Morgan fingerprint density at radius 2 is 1.53 bits per heavy atom. The van der Waals surface area contributed by atoms with E-state index in [4.69, 9.17) is 4.42 Å². The molecule has 2 unspecified atom stereocenters. The number of rotatable bonds is 13. The van der Waals surface area contributed by atoms with Crippen molar-refractivity contribution >= 4 is 39.2 Å². The van der Waals surface area contributed by atoms with Crippen molar-refractivity contribution < 1.29 is 4.42 Å². The number of hydrogen-bond donors (Lipinski definition) is 0. The molecule has 2 aliphatic rings. The minimum Gasteiger partial charge on any atom is -0.456 e. The first-order chi connectivity index (χ1) is 27.8. The van der Waals surface area contributed by atoms with Crippen molar-refractivity contribution in [3.05, 3.63) is 217 Å². The molecule has 282 valence electrons. The molecular formula is C54H50N2O. The predicted molar refractivity (Wildman–Crippen MR) is 243 cm³/mol. The van der Waals surface area contributed by atoms with Crippen LogP contribution in [0.15, 0.2) is 199 Å². The van der Waals surface area contributed by atoms with Crippen molar-refractivity contribution in [1.29, 1.82) is 0 Å². The number of nitrogens with zero attached hydrogens (tertiary/aromatic N) is 2. The van der Waals surface area contributed by atoms with Gasteiger partial charge in [-0.1, -0.05) is 148 Å². The molecule has 3 nitrogen and oxygen atoms in total. The fourth-order valence-corrected chi connectivity index (χ4v) is 7.98. The molecule has 2 heterocycles. The quantitative estimate of drug-likeness (QED) is 0.110. The van der Waals surface area contributed by atoms with E-state index in [9.17, 15) is 0 Å². The van der Waals surface area contributed by atoms with E-state index in [1.165, 1.54) is 16.7 Å². The Bertz CT molecular complexity index is 2590. The topological polar surface area (TPSA) is 29.3 Å². The zero-order chi connectivity index (χ0) is 39.3. The lowest BCUT2D eigenvalue weighted by atomic mass is 9.85. The Labute approximate surface area is 337 Å². The summed E-state index contributed by atoms with van der Waals surface area (Å²) in [4.78, 5) is 6.90. The minimum atomic E-state index is 0.313. The van der Waals surface area contributed by atoms with Crippen LogP contribution in [0.3, 0.4) is 0 Å². The zero-order valence-corrected chi connectivity index (χ0v) is 33.0. The maximum atomic E-state index is 6.06. The van der Waals surface area contributed by atoms with Gasteiger partial charge in [0.05, 0.1) is 5.52 Å². The van der Waals surface area contributed by atoms with E-state index in [-0.39, 0.29) is 0 Å². The fourth-order valence-electron chi connectivity index (χ4n) is 7.98. The maximum absolute atomic E-state index is 6.06. The van der Waals surface area contributed by atoms with Crippen LogP contribution in [0.2, 0.25) is 0 Å². The highest BCUT2D eigenvalue weighted by molar-refractivity contribution is 5.84. The number of aromatic nitrogens is 1. The SMILES string of the molecule is C=C(CCC(=C)c1cc2ccccc2o1)C(=C)CCC(=C)N(C1=CCC(c2ccc3c(c2)C(C)C/C=C/C=C3)C=C1)c1ccc(-c2ccc3cccnc3c2)cc1. The molecule has 0 N–H and O–H groups in total. The van der Waals surface area contributed by atoms with E-state index in [0.717, 1.165) is 111 Å². The van der Waals surface area contributed by atoms with E-state index < -0.39 is 0 Å². The smallest absolute Gasteiger partial charge is 0.134 e. The van der Waals surface area contributed by atoms with E-state index in [1.54, 1.807) is 0 Å². The molecular weight excluding hydrogens is 693 g/mol. The normalized spacial score (nSPS) is 16.7. The molecule has 6 aromatic rings. The van der Waals surface area contributed by atoms with Gasteiger partial charge in [0.2, 0.25) is 0 Å². The van der Waals surface area contributed by atoms with Gasteiger partial charge in [-0.05, 0) is 120 Å². The highest BCUT2D eigenvalue weighted by Crippen LogP contribution is 2.37. The van der Waals surface area contributed by atoms with Crippen LogP contribution in [0.1, 0.15) is 79.7 Å². The Kier molecular flexibility index (Phi) is 11.0. The molecule has 3 heteroatoms. The van der Waals surface area contributed by atoms with Crippen LogP contribution >= 0.6 is 0 Å². The van der Waals surface area contributed by atoms with Gasteiger partial charge in [-0.2, -0.15) is 0 Å². The van der Waals surface area contributed by atoms with E-state index in [2.05, 4.69) is 165 Å². The summed E-state index contributed by atoms with van der Waals surface area (Å²) in [6, 6.07) is 36.5. The van der Waals surface area contributed by atoms with Gasteiger partial charge in [0.1, 0.15) is 11.3 Å². The highest BCUT2D eigenvalue weighted by Gasteiger charge is 2.21. The molecule has 8 rings (SSSR count). The fraction of sp³-hybridized carbons (Fsp3) is 0.167. The minimum absolute atomic E-state index is 0.313. The first-order valence-corrected chi connectivity index (χ1v) is 20.1. The van der Waals surface area contributed by atoms with Crippen LogP contribution in [-0.2, 0) is 0 Å². The second-order valence-corrected chi connectivity index (χ2v) is 15.5. The standard InChI is InChI=1S/C54H50N2O/c1-37(17-18-40(4)54-36-48-14-9-10-16-53(48)57-54)38(2)19-20-41(5)56(50-31-27-43(28-32-50)47-24-22-45-15-11-33-55-52(45)35-47)49-29-25-42(26-30-49)46-23-21-44-13-8-6-7-12-39(3)51(44)34-46/h6-11,13-16,21-25,27-36,39,42H,1-2,4-5,12,17-20,26H2,3H3/b7-6+,13-8?. The van der Waals surface area contributed by atoms with Crippen molar-refractivity contribution in [2.45, 2.75) is 57.3 Å². The monoisotopic (exact) mass is 742 g/mol. The summed E-state index contributed by atoms with van der Waals surface area (Å²) in [5.74, 6) is 1.63. The average molecular weight is 743 g/mol. The number of hydrogen-bond acceptors (Lipinski definition) is 3. The average Bonchev–Trinajstić information content (AvgIpc) is 3.69. The highest BCUT2D eigenvalue weighted by atomic mass is 16.3. The van der Waals surface area contributed by atoms with E-state index in [1.807, 2.05) is 30.5 Å². The third-order valence-corrected chi connectivity index (χ3v) is 11.5. The largest absolute Gasteiger partial charge is 0.456 e. The predicted octanol–water partition coefficient (Wildman–Crippen LogP) is 15.1. The summed E-state index contributed by atoms with van der Waals surface area (Å²) < 4.78 is 6.06. The van der Waals surface area contributed by atoms with E-state index >= 15 is 0 Å². The van der Waals surface area contributed by atoms with Crippen molar-refractivity contribution in [2.24, 2.45) is 0 Å². The second-order valence-electron chi connectivity index (χ2n) is 15.5. The molecule has 0 amide bonds. The number of pyridine rings is 1. The van der Waals surface area contributed by atoms with Crippen LogP contribution in [-0.4, -0.2) is 4.98 Å². The molecule has 0 radical (unpaired) electrons. The molecule has 0 spiro atoms. The first kappa shape index (κ1) is 37.5. The molecule has 2 atom stereocenters. The second kappa shape index (κ2) is 16.7. The number of para-hydroxylation sites is 1. The van der Waals surface area contributed by atoms with Crippen molar-refractivity contribution in [1.82, 2.24) is 4.98 Å². The van der Waals surface area contributed by atoms with Crippen LogP contribution in [0, 0.1) is 0 Å². The molecule has 0 fully saturated rings. The van der Waals surface area contributed by atoms with Gasteiger partial charge in [0.25, 0.3) is 0 Å². The number of fused-ring (bicyclic) bond motifs is 3. The van der Waals surface area contributed by atoms with Crippen LogP contribution < -0.4 is 4.90 Å². The molecule has 0 saturated heterocycles. The number of anilines is 1.